The molecule has 0 radical (unpaired) electrons. The van der Waals surface area contributed by atoms with Crippen molar-refractivity contribution >= 4 is 53.9 Å². The van der Waals surface area contributed by atoms with E-state index in [0.29, 0.717) is 20.3 Å². The third-order valence-electron chi connectivity index (χ3n) is 6.57. The van der Waals surface area contributed by atoms with Crippen LogP contribution in [0, 0.1) is 0 Å². The van der Waals surface area contributed by atoms with Gasteiger partial charge in [-0.1, -0.05) is 28.1 Å². The van der Waals surface area contributed by atoms with Gasteiger partial charge in [-0.3, -0.25) is 9.28 Å². The summed E-state index contributed by atoms with van der Waals surface area (Å²) in [6, 6.07) is 10.2. The SMILES string of the molecule is COc1ccccc1C(=O)NC[C@H]1C[C@@H](NS(=O)(=O)c2cc(Br)ccc2Br)C[N+]1(C(=O)[O-])C(C)(C)C. The van der Waals surface area contributed by atoms with Crippen molar-refractivity contribution < 1.29 is 32.3 Å². The van der Waals surface area contributed by atoms with E-state index in [-0.39, 0.29) is 24.4 Å². The molecule has 2 aromatic carbocycles. The molecule has 0 aliphatic carbocycles. The van der Waals surface area contributed by atoms with Gasteiger partial charge in [0.15, 0.2) is 0 Å². The summed E-state index contributed by atoms with van der Waals surface area (Å²) in [5.74, 6) is -0.0250. The lowest BCUT2D eigenvalue weighted by Gasteiger charge is -2.49. The second-order valence-electron chi connectivity index (χ2n) is 9.68. The average molecular weight is 647 g/mol. The molecule has 0 bridgehead atoms. The van der Waals surface area contributed by atoms with Crippen LogP contribution in [0.2, 0.25) is 0 Å². The molecule has 3 atom stereocenters. The van der Waals surface area contributed by atoms with Crippen LogP contribution in [-0.2, 0) is 10.0 Å². The highest BCUT2D eigenvalue weighted by atomic mass is 79.9. The van der Waals surface area contributed by atoms with Gasteiger partial charge in [-0.25, -0.2) is 13.1 Å². The second-order valence-corrected chi connectivity index (χ2v) is 13.1. The monoisotopic (exact) mass is 645 g/mol. The van der Waals surface area contributed by atoms with Crippen LogP contribution < -0.4 is 19.9 Å². The van der Waals surface area contributed by atoms with Crippen LogP contribution >= 0.6 is 31.9 Å². The lowest BCUT2D eigenvalue weighted by Crippen LogP contribution is -2.71. The summed E-state index contributed by atoms with van der Waals surface area (Å²) in [4.78, 5) is 25.5. The molecule has 1 aliphatic rings. The Labute approximate surface area is 228 Å². The largest absolute Gasteiger partial charge is 0.498 e. The van der Waals surface area contributed by atoms with Gasteiger partial charge in [0.05, 0.1) is 35.7 Å². The van der Waals surface area contributed by atoms with Crippen LogP contribution in [0.1, 0.15) is 37.6 Å². The Balaban J connectivity index is 1.89. The van der Waals surface area contributed by atoms with Crippen molar-refractivity contribution in [2.24, 2.45) is 0 Å². The Hall–Kier alpha value is -1.99. The van der Waals surface area contributed by atoms with E-state index in [1.807, 2.05) is 0 Å². The summed E-state index contributed by atoms with van der Waals surface area (Å²) in [5.41, 5.74) is -0.521. The van der Waals surface area contributed by atoms with E-state index < -0.39 is 44.1 Å². The summed E-state index contributed by atoms with van der Waals surface area (Å²) in [6.07, 6.45) is -1.15. The smallest absolute Gasteiger partial charge is 0.258 e. The Kier molecular flexibility index (Phi) is 8.56. The van der Waals surface area contributed by atoms with Crippen LogP contribution in [0.3, 0.4) is 0 Å². The van der Waals surface area contributed by atoms with Crippen molar-refractivity contribution in [3.8, 4) is 5.75 Å². The number of quaternary nitrogens is 1. The predicted octanol–water partition coefficient (Wildman–Crippen LogP) is 3.03. The minimum Gasteiger partial charge on any atom is -0.498 e. The van der Waals surface area contributed by atoms with E-state index in [1.54, 1.807) is 57.2 Å². The van der Waals surface area contributed by atoms with Crippen molar-refractivity contribution in [1.82, 2.24) is 10.0 Å². The number of likely N-dealkylation sites (tertiary alicyclic amines) is 1. The number of ether oxygens (including phenoxy) is 1. The van der Waals surface area contributed by atoms with Gasteiger partial charge >= 0.3 is 0 Å². The van der Waals surface area contributed by atoms with E-state index in [1.165, 1.54) is 13.2 Å². The van der Waals surface area contributed by atoms with Gasteiger partial charge < -0.3 is 20.0 Å². The quantitative estimate of drug-likeness (QED) is 0.446. The highest BCUT2D eigenvalue weighted by molar-refractivity contribution is 9.11. The van der Waals surface area contributed by atoms with Gasteiger partial charge in [-0.15, -0.1) is 0 Å². The van der Waals surface area contributed by atoms with Gasteiger partial charge in [0.2, 0.25) is 10.0 Å². The van der Waals surface area contributed by atoms with Gasteiger partial charge in [0.1, 0.15) is 18.3 Å². The number of rotatable bonds is 7. The molecule has 1 unspecified atom stereocenters. The molecule has 1 fully saturated rings. The summed E-state index contributed by atoms with van der Waals surface area (Å²) in [6.45, 7) is 5.26. The number of benzene rings is 2. The van der Waals surface area contributed by atoms with E-state index >= 15 is 0 Å². The summed E-state index contributed by atoms with van der Waals surface area (Å²) in [5, 5.41) is 15.4. The number of nitrogens with zero attached hydrogens (tertiary/aromatic N) is 1. The lowest BCUT2D eigenvalue weighted by atomic mass is 9.99. The third kappa shape index (κ3) is 5.62. The third-order valence-corrected chi connectivity index (χ3v) is 9.57. The number of nitrogens with one attached hydrogen (secondary N) is 2. The van der Waals surface area contributed by atoms with Crippen molar-refractivity contribution in [3.05, 3.63) is 57.0 Å². The summed E-state index contributed by atoms with van der Waals surface area (Å²) in [7, 11) is -2.52. The number of amides is 2. The van der Waals surface area contributed by atoms with Crippen LogP contribution in [0.5, 0.6) is 5.75 Å². The zero-order valence-corrected chi connectivity index (χ0v) is 24.4. The number of sulfonamides is 1. The van der Waals surface area contributed by atoms with Crippen molar-refractivity contribution in [1.29, 1.82) is 0 Å². The first kappa shape index (κ1) is 28.6. The Morgan fingerprint density at radius 1 is 1.17 bits per heavy atom. The molecular formula is C24H29Br2N3O6S. The maximum atomic E-state index is 13.2. The molecule has 2 N–H and O–H groups in total. The predicted molar refractivity (Wildman–Crippen MR) is 140 cm³/mol. The minimum absolute atomic E-state index is 0.000932. The second kappa shape index (κ2) is 10.8. The molecule has 0 spiro atoms. The van der Waals surface area contributed by atoms with Gasteiger partial charge in [-0.05, 0) is 67.0 Å². The molecule has 3 rings (SSSR count). The zero-order chi connectivity index (χ0) is 26.9. The number of hydrogen-bond acceptors (Lipinski definition) is 6. The molecule has 2 aromatic rings. The molecule has 2 amide bonds. The molecule has 1 saturated heterocycles. The fraction of sp³-hybridized carbons (Fsp3) is 0.417. The highest BCUT2D eigenvalue weighted by Gasteiger charge is 2.56. The van der Waals surface area contributed by atoms with Gasteiger partial charge in [-0.2, -0.15) is 0 Å². The molecule has 1 aliphatic heterocycles. The average Bonchev–Trinajstić information content (AvgIpc) is 3.17. The first-order chi connectivity index (χ1) is 16.7. The standard InChI is InChI=1S/C24H29Br2N3O6S/c1-24(2,3)29(23(31)32)14-16(28-36(33,34)21-11-15(25)9-10-19(21)26)12-17(29)13-27-22(30)18-7-5-6-8-20(18)35-4/h5-11,16-17,28H,12-14H2,1-4H3,(H-,27,30,31,32)/t16-,17-,29?/m1/s1. The molecular weight excluding hydrogens is 618 g/mol. The number of methoxy groups -OCH3 is 1. The Bertz CT molecular complexity index is 1260. The molecule has 0 aromatic heterocycles. The number of hydrogen-bond donors (Lipinski definition) is 2. The zero-order valence-electron chi connectivity index (χ0n) is 20.4. The van der Waals surface area contributed by atoms with E-state index in [0.717, 1.165) is 0 Å². The van der Waals surface area contributed by atoms with E-state index in [4.69, 9.17) is 4.74 Å². The summed E-state index contributed by atoms with van der Waals surface area (Å²) >= 11 is 6.56. The Morgan fingerprint density at radius 3 is 2.44 bits per heavy atom. The van der Waals surface area contributed by atoms with Crippen LogP contribution in [-0.4, -0.2) is 62.7 Å². The molecule has 12 heteroatoms. The lowest BCUT2D eigenvalue weighted by molar-refractivity contribution is -0.929. The highest BCUT2D eigenvalue weighted by Crippen LogP contribution is 2.37. The first-order valence-corrected chi connectivity index (χ1v) is 14.3. The molecule has 9 nitrogen and oxygen atoms in total. The maximum Gasteiger partial charge on any atom is 0.258 e. The number of carbonyl (C=O) groups excluding carboxylic acids is 2. The molecule has 196 valence electrons. The molecule has 0 saturated carbocycles. The number of para-hydroxylation sites is 1. The molecule has 36 heavy (non-hydrogen) atoms. The topological polar surface area (TPSA) is 125 Å². The van der Waals surface area contributed by atoms with Gasteiger partial charge in [0, 0.05) is 15.4 Å². The molecule has 1 heterocycles. The number of carboxylic acid groups (broad SMARTS) is 1. The van der Waals surface area contributed by atoms with E-state index in [9.17, 15) is 23.1 Å². The van der Waals surface area contributed by atoms with Crippen molar-refractivity contribution in [2.75, 3.05) is 20.2 Å². The normalized spacial score (nSPS) is 22.3. The number of carbonyl (C=O) groups is 2. The van der Waals surface area contributed by atoms with Crippen LogP contribution in [0.25, 0.3) is 0 Å². The first-order valence-electron chi connectivity index (χ1n) is 11.2. The fourth-order valence-electron chi connectivity index (χ4n) is 4.83. The fourth-order valence-corrected chi connectivity index (χ4v) is 7.57. The van der Waals surface area contributed by atoms with Crippen molar-refractivity contribution in [3.63, 3.8) is 0 Å². The Morgan fingerprint density at radius 2 is 1.83 bits per heavy atom. The van der Waals surface area contributed by atoms with Gasteiger partial charge in [0.25, 0.3) is 12.0 Å². The minimum atomic E-state index is -3.98. The van der Waals surface area contributed by atoms with Crippen LogP contribution in [0.4, 0.5) is 4.79 Å². The van der Waals surface area contributed by atoms with E-state index in [2.05, 4.69) is 41.9 Å². The number of halogens is 2. The van der Waals surface area contributed by atoms with Crippen molar-refractivity contribution in [2.45, 2.75) is 49.7 Å². The maximum absolute atomic E-state index is 13.2. The van der Waals surface area contributed by atoms with Crippen LogP contribution in [0.15, 0.2) is 56.3 Å². The summed E-state index contributed by atoms with van der Waals surface area (Å²) < 4.78 is 34.8.